The largest absolute Gasteiger partial charge is 1.00 e. The molecular formula is C19H39NaO4S. The van der Waals surface area contributed by atoms with Crippen molar-refractivity contribution in [2.24, 2.45) is 0 Å². The molecule has 0 bridgehead atoms. The molecule has 0 saturated heterocycles. The molecule has 0 fully saturated rings. The third-order valence-corrected chi connectivity index (χ3v) is 6.01. The Hall–Kier alpha value is 0.870. The van der Waals surface area contributed by atoms with Crippen LogP contribution in [0.15, 0.2) is 0 Å². The van der Waals surface area contributed by atoms with Crippen LogP contribution >= 0.6 is 0 Å². The van der Waals surface area contributed by atoms with Crippen molar-refractivity contribution in [3.8, 4) is 0 Å². The molecule has 0 radical (unpaired) electrons. The van der Waals surface area contributed by atoms with Crippen LogP contribution in [0.1, 0.15) is 110 Å². The number of rotatable bonds is 18. The van der Waals surface area contributed by atoms with Crippen LogP contribution in [0, 0.1) is 0 Å². The molecule has 0 heterocycles. The Morgan fingerprint density at radius 1 is 0.720 bits per heavy atom. The van der Waals surface area contributed by atoms with Crippen LogP contribution in [0.4, 0.5) is 0 Å². The van der Waals surface area contributed by atoms with Gasteiger partial charge in [0.2, 0.25) is 0 Å². The van der Waals surface area contributed by atoms with Gasteiger partial charge < -0.3 is 9.66 Å². The molecule has 6 heteroatoms. The normalized spacial score (nSPS) is 12.8. The van der Waals surface area contributed by atoms with Gasteiger partial charge in [-0.2, -0.15) is 0 Å². The third-order valence-electron chi connectivity index (χ3n) is 4.72. The minimum Gasteiger partial charge on any atom is -0.748 e. The predicted octanol–water partition coefficient (Wildman–Crippen LogP) is 2.16. The first-order chi connectivity index (χ1) is 11.5. The van der Waals surface area contributed by atoms with E-state index in [0.717, 1.165) is 51.4 Å². The summed E-state index contributed by atoms with van der Waals surface area (Å²) in [7, 11) is -4.16. The van der Waals surface area contributed by atoms with E-state index in [0.29, 0.717) is 12.8 Å². The summed E-state index contributed by atoms with van der Waals surface area (Å²) in [5.41, 5.74) is 0. The van der Waals surface area contributed by atoms with Gasteiger partial charge in [0.1, 0.15) is 0 Å². The third kappa shape index (κ3) is 19.4. The predicted molar refractivity (Wildman–Crippen MR) is 100 cm³/mol. The molecule has 0 aromatic heterocycles. The molecule has 0 spiro atoms. The Morgan fingerprint density at radius 2 is 1.08 bits per heavy atom. The van der Waals surface area contributed by atoms with Gasteiger partial charge >= 0.3 is 29.6 Å². The van der Waals surface area contributed by atoms with Crippen molar-refractivity contribution in [1.29, 1.82) is 0 Å². The molecule has 0 aliphatic carbocycles. The van der Waals surface area contributed by atoms with Gasteiger partial charge in [0.15, 0.2) is 0 Å². The van der Waals surface area contributed by atoms with Crippen LogP contribution in [0.3, 0.4) is 0 Å². The van der Waals surface area contributed by atoms with Gasteiger partial charge in [0.05, 0.1) is 10.1 Å². The molecule has 25 heavy (non-hydrogen) atoms. The van der Waals surface area contributed by atoms with Gasteiger partial charge in [0.25, 0.3) is 0 Å². The first-order valence-electron chi connectivity index (χ1n) is 10.1. The van der Waals surface area contributed by atoms with E-state index in [1.165, 1.54) is 38.5 Å². The maximum atomic E-state index is 11.4. The second-order valence-electron chi connectivity index (χ2n) is 7.01. The van der Waals surface area contributed by atoms with Crippen LogP contribution in [0.5, 0.6) is 0 Å². The first-order valence-corrected chi connectivity index (χ1v) is 11.5. The average molecular weight is 387 g/mol. The Bertz CT molecular complexity index is 360. The minimum absolute atomic E-state index is 0. The van der Waals surface area contributed by atoms with Crippen molar-refractivity contribution in [1.82, 2.24) is 0 Å². The van der Waals surface area contributed by atoms with Crippen molar-refractivity contribution in [2.45, 2.75) is 115 Å². The van der Waals surface area contributed by atoms with Gasteiger partial charge in [-0.15, -0.1) is 0 Å². The number of aliphatic hydroxyl groups is 1. The Morgan fingerprint density at radius 3 is 1.44 bits per heavy atom. The fraction of sp³-hybridized carbons (Fsp3) is 1.00. The fourth-order valence-corrected chi connectivity index (χ4v) is 4.04. The van der Waals surface area contributed by atoms with Crippen LogP contribution < -0.4 is 29.6 Å². The van der Waals surface area contributed by atoms with Gasteiger partial charge in [-0.05, 0) is 19.3 Å². The second kappa shape index (κ2) is 19.6. The van der Waals surface area contributed by atoms with Gasteiger partial charge in [-0.25, -0.2) is 8.42 Å². The van der Waals surface area contributed by atoms with Gasteiger partial charge in [-0.3, -0.25) is 0 Å². The molecule has 0 amide bonds. The monoisotopic (exact) mass is 386 g/mol. The number of aliphatic hydroxyl groups excluding tert-OH is 1. The molecule has 1 N–H and O–H groups in total. The topological polar surface area (TPSA) is 77.4 Å². The standard InChI is InChI=1S/C19H40O4S.Na/c1-2-3-4-5-6-7-8-10-13-16-19(24(21,22)23)17-14-11-9-12-15-18-20;/h19-20H,2-18H2,1H3,(H,21,22,23);/q;+1/p-1. The fourth-order valence-electron chi connectivity index (χ4n) is 3.13. The summed E-state index contributed by atoms with van der Waals surface area (Å²) in [6, 6.07) is 0. The van der Waals surface area contributed by atoms with E-state index in [-0.39, 0.29) is 36.2 Å². The summed E-state index contributed by atoms with van der Waals surface area (Å²) in [6.45, 7) is 2.44. The summed E-state index contributed by atoms with van der Waals surface area (Å²) < 4.78 is 34.1. The van der Waals surface area contributed by atoms with Crippen molar-refractivity contribution < 1.29 is 47.6 Å². The molecule has 0 saturated carbocycles. The summed E-state index contributed by atoms with van der Waals surface area (Å²) in [4.78, 5) is 0. The molecular weight excluding hydrogens is 347 g/mol. The molecule has 4 nitrogen and oxygen atoms in total. The van der Waals surface area contributed by atoms with E-state index in [1.807, 2.05) is 0 Å². The van der Waals surface area contributed by atoms with E-state index >= 15 is 0 Å². The zero-order valence-corrected chi connectivity index (χ0v) is 19.5. The van der Waals surface area contributed by atoms with Crippen LogP contribution in [0.2, 0.25) is 0 Å². The van der Waals surface area contributed by atoms with Crippen molar-refractivity contribution in [3.05, 3.63) is 0 Å². The molecule has 0 aromatic rings. The van der Waals surface area contributed by atoms with Crippen molar-refractivity contribution >= 4 is 10.1 Å². The van der Waals surface area contributed by atoms with Crippen LogP contribution in [0.25, 0.3) is 0 Å². The van der Waals surface area contributed by atoms with Crippen molar-refractivity contribution in [2.75, 3.05) is 6.61 Å². The summed E-state index contributed by atoms with van der Waals surface area (Å²) in [6.07, 6.45) is 16.3. The van der Waals surface area contributed by atoms with Crippen LogP contribution in [-0.2, 0) is 10.1 Å². The first kappa shape index (κ1) is 28.1. The zero-order chi connectivity index (χ0) is 18.1. The molecule has 0 rings (SSSR count). The summed E-state index contributed by atoms with van der Waals surface area (Å²) in [5.74, 6) is 0. The van der Waals surface area contributed by atoms with Gasteiger partial charge in [-0.1, -0.05) is 90.4 Å². The summed E-state index contributed by atoms with van der Waals surface area (Å²) >= 11 is 0. The smallest absolute Gasteiger partial charge is 0.748 e. The average Bonchev–Trinajstić information content (AvgIpc) is 2.53. The summed E-state index contributed by atoms with van der Waals surface area (Å²) in [5, 5.41) is 8.02. The van der Waals surface area contributed by atoms with E-state index in [1.54, 1.807) is 0 Å². The minimum atomic E-state index is -4.16. The molecule has 1 unspecified atom stereocenters. The maximum Gasteiger partial charge on any atom is 1.00 e. The number of hydrogen-bond acceptors (Lipinski definition) is 4. The van der Waals surface area contributed by atoms with Crippen LogP contribution in [-0.4, -0.2) is 29.9 Å². The maximum absolute atomic E-state index is 11.4. The Kier molecular flexibility index (Phi) is 22.0. The Labute approximate surface area is 178 Å². The van der Waals surface area contributed by atoms with Gasteiger partial charge in [0, 0.05) is 11.9 Å². The molecule has 0 aromatic carbocycles. The number of hydrogen-bond donors (Lipinski definition) is 1. The SMILES string of the molecule is CCCCCCCCCCCC(CCCCCCCO)S(=O)(=O)[O-].[Na+]. The zero-order valence-electron chi connectivity index (χ0n) is 16.7. The second-order valence-corrected chi connectivity index (χ2v) is 8.66. The molecule has 0 aliphatic rings. The van der Waals surface area contributed by atoms with Crippen molar-refractivity contribution in [3.63, 3.8) is 0 Å². The molecule has 1 atom stereocenters. The Balaban J connectivity index is 0. The van der Waals surface area contributed by atoms with E-state index in [9.17, 15) is 13.0 Å². The van der Waals surface area contributed by atoms with E-state index in [4.69, 9.17) is 5.11 Å². The number of unbranched alkanes of at least 4 members (excludes halogenated alkanes) is 12. The van der Waals surface area contributed by atoms with E-state index < -0.39 is 15.4 Å². The molecule has 146 valence electrons. The van der Waals surface area contributed by atoms with E-state index in [2.05, 4.69) is 6.92 Å². The molecule has 0 aliphatic heterocycles. The quantitative estimate of drug-likeness (QED) is 0.222.